The molecule has 0 aromatic heterocycles. The van der Waals surface area contributed by atoms with E-state index in [1.54, 1.807) is 42.5 Å². The van der Waals surface area contributed by atoms with E-state index in [4.69, 9.17) is 4.74 Å². The Labute approximate surface area is 154 Å². The van der Waals surface area contributed by atoms with Crippen molar-refractivity contribution in [2.24, 2.45) is 0 Å². The molecular formula is C19H24N2O4S. The highest BCUT2D eigenvalue weighted by Gasteiger charge is 2.15. The third kappa shape index (κ3) is 6.40. The standard InChI is InChI=1S/C19H24N2O4S/c1-19(2,3)25-18(22)20-14-13-15-9-11-16(12-10-15)21-26(23,24)17-7-5-4-6-8-17/h4-12,21H,13-14H2,1-3H3,(H,20,22). The van der Waals surface area contributed by atoms with Gasteiger partial charge in [-0.3, -0.25) is 4.72 Å². The molecule has 6 nitrogen and oxygen atoms in total. The topological polar surface area (TPSA) is 84.5 Å². The van der Waals surface area contributed by atoms with Crippen molar-refractivity contribution in [2.45, 2.75) is 37.7 Å². The molecule has 0 atom stereocenters. The number of anilines is 1. The van der Waals surface area contributed by atoms with Crippen molar-refractivity contribution in [2.75, 3.05) is 11.3 Å². The average molecular weight is 376 g/mol. The molecular weight excluding hydrogens is 352 g/mol. The lowest BCUT2D eigenvalue weighted by molar-refractivity contribution is 0.0528. The van der Waals surface area contributed by atoms with E-state index in [1.807, 2.05) is 32.9 Å². The molecule has 7 heteroatoms. The van der Waals surface area contributed by atoms with Crippen molar-refractivity contribution in [3.63, 3.8) is 0 Å². The molecule has 1 amide bonds. The molecule has 2 aromatic rings. The highest BCUT2D eigenvalue weighted by Crippen LogP contribution is 2.16. The van der Waals surface area contributed by atoms with Gasteiger partial charge in [0, 0.05) is 12.2 Å². The molecule has 0 aliphatic rings. The average Bonchev–Trinajstić information content (AvgIpc) is 2.55. The molecule has 0 spiro atoms. The lowest BCUT2D eigenvalue weighted by atomic mass is 10.1. The minimum absolute atomic E-state index is 0.214. The Kier molecular flexibility index (Phi) is 6.26. The van der Waals surface area contributed by atoms with Crippen molar-refractivity contribution in [1.29, 1.82) is 0 Å². The van der Waals surface area contributed by atoms with Gasteiger partial charge in [0.2, 0.25) is 0 Å². The number of sulfonamides is 1. The van der Waals surface area contributed by atoms with E-state index in [-0.39, 0.29) is 4.90 Å². The van der Waals surface area contributed by atoms with Gasteiger partial charge in [-0.1, -0.05) is 30.3 Å². The molecule has 26 heavy (non-hydrogen) atoms. The second-order valence-electron chi connectivity index (χ2n) is 6.79. The molecule has 140 valence electrons. The summed E-state index contributed by atoms with van der Waals surface area (Å²) >= 11 is 0. The second kappa shape index (κ2) is 8.23. The van der Waals surface area contributed by atoms with Crippen LogP contribution in [0.5, 0.6) is 0 Å². The van der Waals surface area contributed by atoms with Gasteiger partial charge in [-0.05, 0) is 57.0 Å². The maximum atomic E-state index is 12.3. The molecule has 2 aromatic carbocycles. The van der Waals surface area contributed by atoms with Gasteiger partial charge in [0.1, 0.15) is 5.60 Å². The molecule has 0 fully saturated rings. The molecule has 0 aliphatic carbocycles. The second-order valence-corrected chi connectivity index (χ2v) is 8.48. The van der Waals surface area contributed by atoms with E-state index in [9.17, 15) is 13.2 Å². The van der Waals surface area contributed by atoms with E-state index in [0.717, 1.165) is 5.56 Å². The zero-order valence-corrected chi connectivity index (χ0v) is 16.0. The fourth-order valence-corrected chi connectivity index (χ4v) is 3.26. The summed E-state index contributed by atoms with van der Waals surface area (Å²) in [5, 5.41) is 2.69. The van der Waals surface area contributed by atoms with E-state index in [1.165, 1.54) is 0 Å². The van der Waals surface area contributed by atoms with Crippen LogP contribution >= 0.6 is 0 Å². The monoisotopic (exact) mass is 376 g/mol. The third-order valence-corrected chi connectivity index (χ3v) is 4.74. The molecule has 2 N–H and O–H groups in total. The summed E-state index contributed by atoms with van der Waals surface area (Å²) in [5.74, 6) is 0. The number of nitrogens with one attached hydrogen (secondary N) is 2. The van der Waals surface area contributed by atoms with Crippen LogP contribution < -0.4 is 10.0 Å². The summed E-state index contributed by atoms with van der Waals surface area (Å²) in [4.78, 5) is 11.8. The Morgan fingerprint density at radius 3 is 2.19 bits per heavy atom. The van der Waals surface area contributed by atoms with Crippen LogP contribution in [0.3, 0.4) is 0 Å². The van der Waals surface area contributed by atoms with E-state index in [2.05, 4.69) is 10.0 Å². The van der Waals surface area contributed by atoms with Crippen molar-refractivity contribution < 1.29 is 17.9 Å². The predicted octanol–water partition coefficient (Wildman–Crippen LogP) is 3.55. The number of hydrogen-bond donors (Lipinski definition) is 2. The SMILES string of the molecule is CC(C)(C)OC(=O)NCCc1ccc(NS(=O)(=O)c2ccccc2)cc1. The first-order chi connectivity index (χ1) is 12.2. The molecule has 0 bridgehead atoms. The van der Waals surface area contributed by atoms with E-state index in [0.29, 0.717) is 18.7 Å². The summed E-state index contributed by atoms with van der Waals surface area (Å²) in [6.45, 7) is 5.86. The van der Waals surface area contributed by atoms with Gasteiger partial charge in [0.25, 0.3) is 10.0 Å². The van der Waals surface area contributed by atoms with Gasteiger partial charge >= 0.3 is 6.09 Å². The van der Waals surface area contributed by atoms with Crippen LogP contribution in [0.1, 0.15) is 26.3 Å². The number of amides is 1. The first-order valence-corrected chi connectivity index (χ1v) is 9.78. The molecule has 0 saturated carbocycles. The van der Waals surface area contributed by atoms with Crippen LogP contribution in [0.15, 0.2) is 59.5 Å². The summed E-state index contributed by atoms with van der Waals surface area (Å²) < 4.78 is 32.3. The molecule has 0 saturated heterocycles. The van der Waals surface area contributed by atoms with Crippen LogP contribution in [-0.4, -0.2) is 26.7 Å². The largest absolute Gasteiger partial charge is 0.444 e. The van der Waals surface area contributed by atoms with Gasteiger partial charge in [-0.15, -0.1) is 0 Å². The molecule has 0 unspecified atom stereocenters. The highest BCUT2D eigenvalue weighted by molar-refractivity contribution is 7.92. The van der Waals surface area contributed by atoms with Gasteiger partial charge in [-0.25, -0.2) is 13.2 Å². The summed E-state index contributed by atoms with van der Waals surface area (Å²) in [5.41, 5.74) is 0.934. The van der Waals surface area contributed by atoms with Gasteiger partial charge < -0.3 is 10.1 Å². The first-order valence-electron chi connectivity index (χ1n) is 8.29. The van der Waals surface area contributed by atoms with Crippen LogP contribution in [0.4, 0.5) is 10.5 Å². The Morgan fingerprint density at radius 2 is 1.62 bits per heavy atom. The molecule has 2 rings (SSSR count). The number of carbonyl (C=O) groups is 1. The van der Waals surface area contributed by atoms with Gasteiger partial charge in [0.05, 0.1) is 4.90 Å². The normalized spacial score (nSPS) is 11.7. The Balaban J connectivity index is 1.88. The lowest BCUT2D eigenvalue weighted by Gasteiger charge is -2.19. The number of alkyl carbamates (subject to hydrolysis) is 1. The lowest BCUT2D eigenvalue weighted by Crippen LogP contribution is -2.33. The van der Waals surface area contributed by atoms with Crippen LogP contribution in [0.25, 0.3) is 0 Å². The Bertz CT molecular complexity index is 826. The fourth-order valence-electron chi connectivity index (χ4n) is 2.18. The van der Waals surface area contributed by atoms with Crippen molar-refractivity contribution in [3.05, 3.63) is 60.2 Å². The predicted molar refractivity (Wildman–Crippen MR) is 102 cm³/mol. The third-order valence-electron chi connectivity index (χ3n) is 3.34. The van der Waals surface area contributed by atoms with Crippen molar-refractivity contribution in [3.8, 4) is 0 Å². The number of benzene rings is 2. The number of ether oxygens (including phenoxy) is 1. The zero-order chi connectivity index (χ0) is 19.2. The fraction of sp³-hybridized carbons (Fsp3) is 0.316. The smallest absolute Gasteiger partial charge is 0.407 e. The number of hydrogen-bond acceptors (Lipinski definition) is 4. The van der Waals surface area contributed by atoms with Gasteiger partial charge in [0.15, 0.2) is 0 Å². The van der Waals surface area contributed by atoms with Crippen LogP contribution in [0, 0.1) is 0 Å². The zero-order valence-electron chi connectivity index (χ0n) is 15.2. The maximum Gasteiger partial charge on any atom is 0.407 e. The quantitative estimate of drug-likeness (QED) is 0.807. The summed E-state index contributed by atoms with van der Waals surface area (Å²) in [6, 6.07) is 15.2. The van der Waals surface area contributed by atoms with Crippen LogP contribution in [0.2, 0.25) is 0 Å². The summed E-state index contributed by atoms with van der Waals surface area (Å²) in [6.07, 6.45) is 0.162. The van der Waals surface area contributed by atoms with Crippen molar-refractivity contribution in [1.82, 2.24) is 5.32 Å². The molecule has 0 aliphatic heterocycles. The number of rotatable bonds is 6. The Hall–Kier alpha value is -2.54. The van der Waals surface area contributed by atoms with Crippen molar-refractivity contribution >= 4 is 21.8 Å². The van der Waals surface area contributed by atoms with Crippen LogP contribution in [-0.2, 0) is 21.2 Å². The van der Waals surface area contributed by atoms with E-state index >= 15 is 0 Å². The summed E-state index contributed by atoms with van der Waals surface area (Å²) in [7, 11) is -3.60. The molecule has 0 radical (unpaired) electrons. The minimum atomic E-state index is -3.60. The Morgan fingerprint density at radius 1 is 1.00 bits per heavy atom. The maximum absolute atomic E-state index is 12.3. The first kappa shape index (κ1) is 19.8. The number of carbonyl (C=O) groups excluding carboxylic acids is 1. The molecule has 0 heterocycles. The van der Waals surface area contributed by atoms with Gasteiger partial charge in [-0.2, -0.15) is 0 Å². The van der Waals surface area contributed by atoms with E-state index < -0.39 is 21.7 Å². The minimum Gasteiger partial charge on any atom is -0.444 e. The highest BCUT2D eigenvalue weighted by atomic mass is 32.2.